The lowest BCUT2D eigenvalue weighted by molar-refractivity contribution is -0.128. The molecule has 1 saturated carbocycles. The molecule has 0 unspecified atom stereocenters. The van der Waals surface area contributed by atoms with E-state index in [2.05, 4.69) is 9.71 Å². The van der Waals surface area contributed by atoms with Gasteiger partial charge in [-0.1, -0.05) is 18.9 Å². The minimum atomic E-state index is -3.32. The zero-order chi connectivity index (χ0) is 16.3. The molecule has 23 heavy (non-hydrogen) atoms. The summed E-state index contributed by atoms with van der Waals surface area (Å²) in [6.45, 7) is 0.524. The summed E-state index contributed by atoms with van der Waals surface area (Å²) in [5.41, 5.74) is 0.841. The van der Waals surface area contributed by atoms with Crippen molar-refractivity contribution >= 4 is 22.0 Å². The SMILES string of the molecule is O=C(C=Cc1cccnc1)N1CC(S(=O)(=O)NC2CCCC2)C1. The maximum absolute atomic E-state index is 12.2. The predicted octanol–water partition coefficient (Wildman–Crippen LogP) is 1.17. The fourth-order valence-corrected chi connectivity index (χ4v) is 4.58. The first-order valence-electron chi connectivity index (χ1n) is 7.93. The summed E-state index contributed by atoms with van der Waals surface area (Å²) in [5.74, 6) is -0.166. The second kappa shape index (κ2) is 6.80. The second-order valence-electron chi connectivity index (χ2n) is 6.13. The van der Waals surface area contributed by atoms with Gasteiger partial charge in [0.2, 0.25) is 15.9 Å². The number of amides is 1. The van der Waals surface area contributed by atoms with Gasteiger partial charge in [-0.05, 0) is 30.5 Å². The van der Waals surface area contributed by atoms with Gasteiger partial charge in [-0.25, -0.2) is 13.1 Å². The highest BCUT2D eigenvalue weighted by Gasteiger charge is 2.40. The van der Waals surface area contributed by atoms with Crippen LogP contribution in [0.3, 0.4) is 0 Å². The third-order valence-electron chi connectivity index (χ3n) is 4.39. The molecule has 2 fully saturated rings. The van der Waals surface area contributed by atoms with Gasteiger partial charge in [0, 0.05) is 37.6 Å². The summed E-state index contributed by atoms with van der Waals surface area (Å²) in [5, 5.41) is -0.487. The minimum Gasteiger partial charge on any atom is -0.336 e. The molecule has 3 rings (SSSR count). The van der Waals surface area contributed by atoms with Crippen molar-refractivity contribution in [2.45, 2.75) is 37.0 Å². The number of hydrogen-bond acceptors (Lipinski definition) is 4. The number of aromatic nitrogens is 1. The molecule has 0 bridgehead atoms. The van der Waals surface area contributed by atoms with Crippen LogP contribution in [0.4, 0.5) is 0 Å². The number of nitrogens with one attached hydrogen (secondary N) is 1. The van der Waals surface area contributed by atoms with Crippen LogP contribution >= 0.6 is 0 Å². The Kier molecular flexibility index (Phi) is 4.77. The van der Waals surface area contributed by atoms with Gasteiger partial charge in [0.05, 0.1) is 0 Å². The molecule has 1 N–H and O–H groups in total. The Morgan fingerprint density at radius 3 is 2.70 bits per heavy atom. The number of nitrogens with zero attached hydrogens (tertiary/aromatic N) is 2. The van der Waals surface area contributed by atoms with Crippen LogP contribution < -0.4 is 4.72 Å². The van der Waals surface area contributed by atoms with E-state index in [1.807, 2.05) is 6.07 Å². The average molecular weight is 335 g/mol. The zero-order valence-electron chi connectivity index (χ0n) is 12.9. The Bertz CT molecular complexity index is 676. The molecule has 1 aliphatic carbocycles. The molecule has 0 radical (unpaired) electrons. The Hall–Kier alpha value is -1.73. The van der Waals surface area contributed by atoms with Crippen molar-refractivity contribution in [2.24, 2.45) is 0 Å². The molecule has 2 aliphatic rings. The molecule has 1 aliphatic heterocycles. The van der Waals surface area contributed by atoms with Crippen molar-refractivity contribution in [3.8, 4) is 0 Å². The molecule has 1 amide bonds. The number of likely N-dealkylation sites (tertiary alicyclic amines) is 1. The normalized spacial score (nSPS) is 20.1. The lowest BCUT2D eigenvalue weighted by atomic mass is 10.2. The van der Waals surface area contributed by atoms with Crippen molar-refractivity contribution in [3.05, 3.63) is 36.2 Å². The summed E-state index contributed by atoms with van der Waals surface area (Å²) in [4.78, 5) is 17.5. The monoisotopic (exact) mass is 335 g/mol. The van der Waals surface area contributed by atoms with Crippen LogP contribution in [0.15, 0.2) is 30.6 Å². The summed E-state index contributed by atoms with van der Waals surface area (Å²) in [6, 6.07) is 3.73. The summed E-state index contributed by atoms with van der Waals surface area (Å²) >= 11 is 0. The molecule has 0 aromatic carbocycles. The van der Waals surface area contributed by atoms with Gasteiger partial charge in [-0.2, -0.15) is 0 Å². The fourth-order valence-electron chi connectivity index (χ4n) is 2.93. The summed E-state index contributed by atoms with van der Waals surface area (Å²) in [6.07, 6.45) is 10.5. The van der Waals surface area contributed by atoms with Gasteiger partial charge in [0.1, 0.15) is 5.25 Å². The standard InChI is InChI=1S/C16H21N3O3S/c20-16(8-7-13-4-3-9-17-10-13)19-11-15(12-19)23(21,22)18-14-5-1-2-6-14/h3-4,7-10,14-15,18H,1-2,5-6,11-12H2. The van der Waals surface area contributed by atoms with Gasteiger partial charge in [0.25, 0.3) is 0 Å². The van der Waals surface area contributed by atoms with Crippen molar-refractivity contribution in [1.29, 1.82) is 0 Å². The molecule has 2 heterocycles. The highest BCUT2D eigenvalue weighted by molar-refractivity contribution is 7.90. The first kappa shape index (κ1) is 16.1. The van der Waals surface area contributed by atoms with Gasteiger partial charge in [-0.15, -0.1) is 0 Å². The molecular formula is C16H21N3O3S. The number of carbonyl (C=O) groups is 1. The highest BCUT2D eigenvalue weighted by Crippen LogP contribution is 2.22. The molecule has 0 spiro atoms. The quantitative estimate of drug-likeness (QED) is 0.819. The van der Waals surface area contributed by atoms with E-state index in [-0.39, 0.29) is 25.0 Å². The summed E-state index contributed by atoms with van der Waals surface area (Å²) in [7, 11) is -3.32. The Labute approximate surface area is 136 Å². The number of carbonyl (C=O) groups excluding carboxylic acids is 1. The summed E-state index contributed by atoms with van der Waals surface area (Å²) < 4.78 is 27.3. The van der Waals surface area contributed by atoms with Crippen molar-refractivity contribution < 1.29 is 13.2 Å². The Morgan fingerprint density at radius 1 is 1.30 bits per heavy atom. The molecule has 6 nitrogen and oxygen atoms in total. The van der Waals surface area contributed by atoms with Gasteiger partial charge in [-0.3, -0.25) is 9.78 Å². The molecular weight excluding hydrogens is 314 g/mol. The maximum Gasteiger partial charge on any atom is 0.246 e. The average Bonchev–Trinajstić information content (AvgIpc) is 2.96. The van der Waals surface area contributed by atoms with E-state index in [0.717, 1.165) is 31.2 Å². The van der Waals surface area contributed by atoms with Gasteiger partial charge in [0.15, 0.2) is 0 Å². The smallest absolute Gasteiger partial charge is 0.246 e. The number of pyridine rings is 1. The molecule has 7 heteroatoms. The molecule has 124 valence electrons. The van der Waals surface area contributed by atoms with Gasteiger partial charge >= 0.3 is 0 Å². The van der Waals surface area contributed by atoms with Crippen molar-refractivity contribution in [2.75, 3.05) is 13.1 Å². The molecule has 1 saturated heterocycles. The van der Waals surface area contributed by atoms with Crippen molar-refractivity contribution in [1.82, 2.24) is 14.6 Å². The van der Waals surface area contributed by atoms with E-state index in [4.69, 9.17) is 0 Å². The Balaban J connectivity index is 1.50. The van der Waals surface area contributed by atoms with Crippen LogP contribution in [0.1, 0.15) is 31.2 Å². The Morgan fingerprint density at radius 2 is 2.04 bits per heavy atom. The number of rotatable bonds is 5. The fraction of sp³-hybridized carbons (Fsp3) is 0.500. The molecule has 1 aromatic heterocycles. The topological polar surface area (TPSA) is 79.4 Å². The van der Waals surface area contributed by atoms with E-state index in [1.54, 1.807) is 29.4 Å². The lowest BCUT2D eigenvalue weighted by Crippen LogP contribution is -2.59. The third kappa shape index (κ3) is 3.97. The van der Waals surface area contributed by atoms with Crippen LogP contribution in [-0.4, -0.2) is 48.6 Å². The van der Waals surface area contributed by atoms with E-state index in [0.29, 0.717) is 0 Å². The third-order valence-corrected chi connectivity index (χ3v) is 6.23. The van der Waals surface area contributed by atoms with E-state index >= 15 is 0 Å². The van der Waals surface area contributed by atoms with Crippen LogP contribution in [0, 0.1) is 0 Å². The minimum absolute atomic E-state index is 0.0789. The maximum atomic E-state index is 12.2. The largest absolute Gasteiger partial charge is 0.336 e. The number of sulfonamides is 1. The first-order valence-corrected chi connectivity index (χ1v) is 9.47. The van der Waals surface area contributed by atoms with Crippen molar-refractivity contribution in [3.63, 3.8) is 0 Å². The van der Waals surface area contributed by atoms with E-state index < -0.39 is 15.3 Å². The zero-order valence-corrected chi connectivity index (χ0v) is 13.7. The first-order chi connectivity index (χ1) is 11.0. The van der Waals surface area contributed by atoms with Gasteiger partial charge < -0.3 is 4.90 Å². The molecule has 0 atom stereocenters. The van der Waals surface area contributed by atoms with Crippen LogP contribution in [0.25, 0.3) is 6.08 Å². The second-order valence-corrected chi connectivity index (χ2v) is 8.12. The van der Waals surface area contributed by atoms with E-state index in [1.165, 1.54) is 6.08 Å². The highest BCUT2D eigenvalue weighted by atomic mass is 32.2. The lowest BCUT2D eigenvalue weighted by Gasteiger charge is -2.38. The van der Waals surface area contributed by atoms with Crippen LogP contribution in [-0.2, 0) is 14.8 Å². The number of hydrogen-bond donors (Lipinski definition) is 1. The predicted molar refractivity (Wildman–Crippen MR) is 88.0 cm³/mol. The van der Waals surface area contributed by atoms with E-state index in [9.17, 15) is 13.2 Å². The molecule has 1 aromatic rings. The van der Waals surface area contributed by atoms with Crippen LogP contribution in [0.2, 0.25) is 0 Å². The van der Waals surface area contributed by atoms with Crippen LogP contribution in [0.5, 0.6) is 0 Å².